The monoisotopic (exact) mass is 522 g/mol. The molecule has 2 amide bonds. The van der Waals surface area contributed by atoms with Gasteiger partial charge in [0.1, 0.15) is 18.5 Å². The van der Waals surface area contributed by atoms with Gasteiger partial charge in [-0.15, -0.1) is 0 Å². The second-order valence-corrected chi connectivity index (χ2v) is 10.1. The van der Waals surface area contributed by atoms with Crippen LogP contribution in [0.3, 0.4) is 0 Å². The maximum absolute atomic E-state index is 13.4. The molecule has 4 rings (SSSR count). The van der Waals surface area contributed by atoms with E-state index in [4.69, 9.17) is 24.9 Å². The number of hydrogen-bond donors (Lipinski definition) is 2. The Morgan fingerprint density at radius 2 is 1.74 bits per heavy atom. The van der Waals surface area contributed by atoms with E-state index in [-0.39, 0.29) is 30.8 Å². The number of benzene rings is 2. The normalized spacial score (nSPS) is 15.8. The number of ether oxygens (including phenoxy) is 3. The lowest BCUT2D eigenvalue weighted by Gasteiger charge is -2.41. The summed E-state index contributed by atoms with van der Waals surface area (Å²) in [4.78, 5) is 38.8. The quantitative estimate of drug-likeness (QED) is 0.501. The molecule has 0 bridgehead atoms. The van der Waals surface area contributed by atoms with Crippen LogP contribution >= 0.6 is 0 Å². The summed E-state index contributed by atoms with van der Waals surface area (Å²) in [6.07, 6.45) is -0.488. The number of hydrogen-bond acceptors (Lipinski definition) is 9. The van der Waals surface area contributed by atoms with Crippen molar-refractivity contribution in [3.05, 3.63) is 48.0 Å². The molecule has 0 saturated carbocycles. The molecule has 1 aliphatic rings. The van der Waals surface area contributed by atoms with Crippen molar-refractivity contribution in [2.75, 3.05) is 44.5 Å². The van der Waals surface area contributed by atoms with E-state index in [2.05, 4.69) is 10.3 Å². The molecule has 0 unspecified atom stereocenters. The Balaban J connectivity index is 1.62. The van der Waals surface area contributed by atoms with Crippen molar-refractivity contribution in [1.29, 1.82) is 0 Å². The van der Waals surface area contributed by atoms with Crippen molar-refractivity contribution < 1.29 is 23.8 Å². The first kappa shape index (κ1) is 26.8. The third-order valence-electron chi connectivity index (χ3n) is 6.12. The van der Waals surface area contributed by atoms with Crippen molar-refractivity contribution in [1.82, 2.24) is 20.2 Å². The number of anilines is 2. The highest BCUT2D eigenvalue weighted by Crippen LogP contribution is 2.34. The zero-order valence-corrected chi connectivity index (χ0v) is 22.4. The minimum atomic E-state index is -0.760. The number of nitrogens with one attached hydrogen (secondary N) is 1. The van der Waals surface area contributed by atoms with Crippen LogP contribution in [-0.2, 0) is 16.1 Å². The third-order valence-corrected chi connectivity index (χ3v) is 6.12. The van der Waals surface area contributed by atoms with Gasteiger partial charge in [0.05, 0.1) is 26.3 Å². The highest BCUT2D eigenvalue weighted by molar-refractivity contribution is 5.92. The highest BCUT2D eigenvalue weighted by atomic mass is 16.6. The Kier molecular flexibility index (Phi) is 7.75. The summed E-state index contributed by atoms with van der Waals surface area (Å²) in [5.74, 6) is 1.28. The molecule has 2 aromatic carbocycles. The topological polar surface area (TPSA) is 132 Å². The largest absolute Gasteiger partial charge is 0.493 e. The molecule has 3 aromatic rings. The SMILES string of the molecule is COc1cc2nc(N3CCN(C(=O)OCc4ccccc4)C[C@H]3C(=O)NC(C)(C)C)nc(N)c2cc1OC. The predicted octanol–water partition coefficient (Wildman–Crippen LogP) is 2.97. The molecule has 11 heteroatoms. The lowest BCUT2D eigenvalue weighted by atomic mass is 10.1. The van der Waals surface area contributed by atoms with Crippen LogP contribution in [0.1, 0.15) is 26.3 Å². The first-order valence-corrected chi connectivity index (χ1v) is 12.3. The molecular weight excluding hydrogens is 488 g/mol. The van der Waals surface area contributed by atoms with E-state index in [1.165, 1.54) is 19.1 Å². The van der Waals surface area contributed by atoms with Gasteiger partial charge in [-0.2, -0.15) is 4.98 Å². The number of methoxy groups -OCH3 is 2. The minimum absolute atomic E-state index is 0.1000. The van der Waals surface area contributed by atoms with Crippen LogP contribution in [0.5, 0.6) is 11.5 Å². The van der Waals surface area contributed by atoms with Crippen LogP contribution < -0.4 is 25.4 Å². The van der Waals surface area contributed by atoms with E-state index in [1.807, 2.05) is 51.1 Å². The molecule has 1 atom stereocenters. The van der Waals surface area contributed by atoms with Crippen molar-refractivity contribution in [2.45, 2.75) is 39.0 Å². The van der Waals surface area contributed by atoms with Gasteiger partial charge in [-0.3, -0.25) is 4.79 Å². The summed E-state index contributed by atoms with van der Waals surface area (Å²) in [7, 11) is 3.08. The molecule has 1 saturated heterocycles. The van der Waals surface area contributed by atoms with E-state index < -0.39 is 17.7 Å². The molecule has 1 aliphatic heterocycles. The highest BCUT2D eigenvalue weighted by Gasteiger charge is 2.38. The Morgan fingerprint density at radius 3 is 2.39 bits per heavy atom. The molecule has 38 heavy (non-hydrogen) atoms. The number of nitrogens with zero attached hydrogens (tertiary/aromatic N) is 4. The summed E-state index contributed by atoms with van der Waals surface area (Å²) in [6.45, 7) is 6.56. The first-order chi connectivity index (χ1) is 18.1. The number of carbonyl (C=O) groups excluding carboxylic acids is 2. The van der Waals surface area contributed by atoms with Gasteiger partial charge in [-0.1, -0.05) is 30.3 Å². The zero-order chi connectivity index (χ0) is 27.4. The predicted molar refractivity (Wildman–Crippen MR) is 144 cm³/mol. The first-order valence-electron chi connectivity index (χ1n) is 12.3. The Labute approximate surface area is 221 Å². The fourth-order valence-corrected chi connectivity index (χ4v) is 4.27. The van der Waals surface area contributed by atoms with E-state index in [0.29, 0.717) is 35.5 Å². The number of piperazine rings is 1. The molecule has 0 radical (unpaired) electrons. The number of nitrogens with two attached hydrogens (primary N) is 1. The second-order valence-electron chi connectivity index (χ2n) is 10.1. The number of rotatable bonds is 6. The van der Waals surface area contributed by atoms with Gasteiger partial charge in [0, 0.05) is 30.1 Å². The molecule has 1 aromatic heterocycles. The van der Waals surface area contributed by atoms with Crippen molar-refractivity contribution >= 4 is 34.7 Å². The van der Waals surface area contributed by atoms with Gasteiger partial charge < -0.3 is 35.1 Å². The molecule has 0 aliphatic carbocycles. The van der Waals surface area contributed by atoms with E-state index in [9.17, 15) is 9.59 Å². The molecular formula is C27H34N6O5. The van der Waals surface area contributed by atoms with Gasteiger partial charge in [0.25, 0.3) is 0 Å². The van der Waals surface area contributed by atoms with Gasteiger partial charge in [0.15, 0.2) is 11.5 Å². The van der Waals surface area contributed by atoms with E-state index in [1.54, 1.807) is 17.0 Å². The lowest BCUT2D eigenvalue weighted by molar-refractivity contribution is -0.124. The van der Waals surface area contributed by atoms with Crippen molar-refractivity contribution in [2.24, 2.45) is 0 Å². The van der Waals surface area contributed by atoms with Crippen molar-refractivity contribution in [3.8, 4) is 11.5 Å². The summed E-state index contributed by atoms with van der Waals surface area (Å²) < 4.78 is 16.3. The molecule has 1 fully saturated rings. The van der Waals surface area contributed by atoms with E-state index >= 15 is 0 Å². The van der Waals surface area contributed by atoms with Crippen LogP contribution in [0.2, 0.25) is 0 Å². The molecule has 3 N–H and O–H groups in total. The summed E-state index contributed by atoms with van der Waals surface area (Å²) in [5.41, 5.74) is 7.26. The number of aromatic nitrogens is 2. The molecule has 202 valence electrons. The fourth-order valence-electron chi connectivity index (χ4n) is 4.27. The Hall–Kier alpha value is -4.28. The molecule has 2 heterocycles. The number of carbonyl (C=O) groups is 2. The van der Waals surface area contributed by atoms with Gasteiger partial charge in [-0.25, -0.2) is 9.78 Å². The standard InChI is InChI=1S/C27H34N6O5/c1-27(2,3)31-24(34)20-15-32(26(35)38-16-17-9-7-6-8-10-17)11-12-33(20)25-29-19-14-22(37-5)21(36-4)13-18(19)23(28)30-25/h6-10,13-14,20H,11-12,15-16H2,1-5H3,(H,31,34)(H2,28,29,30)/t20-/m0/s1. The van der Waals surface area contributed by atoms with Crippen LogP contribution in [0.4, 0.5) is 16.6 Å². The van der Waals surface area contributed by atoms with Gasteiger partial charge >= 0.3 is 6.09 Å². The Morgan fingerprint density at radius 1 is 1.05 bits per heavy atom. The molecule has 11 nitrogen and oxygen atoms in total. The van der Waals surface area contributed by atoms with Crippen LogP contribution in [-0.4, -0.2) is 72.3 Å². The molecule has 0 spiro atoms. The summed E-state index contributed by atoms with van der Waals surface area (Å²) >= 11 is 0. The Bertz CT molecular complexity index is 1310. The third kappa shape index (κ3) is 5.99. The number of amides is 2. The number of fused-ring (bicyclic) bond motifs is 1. The summed E-state index contributed by atoms with van der Waals surface area (Å²) in [5, 5.41) is 3.61. The summed E-state index contributed by atoms with van der Waals surface area (Å²) in [6, 6.07) is 12.1. The fraction of sp³-hybridized carbons (Fsp3) is 0.407. The second kappa shape index (κ2) is 11.0. The number of nitrogen functional groups attached to an aromatic ring is 1. The average molecular weight is 523 g/mol. The van der Waals surface area contributed by atoms with E-state index in [0.717, 1.165) is 5.56 Å². The average Bonchev–Trinajstić information content (AvgIpc) is 2.90. The maximum atomic E-state index is 13.4. The van der Waals surface area contributed by atoms with Crippen LogP contribution in [0.15, 0.2) is 42.5 Å². The van der Waals surface area contributed by atoms with Gasteiger partial charge in [-0.05, 0) is 32.4 Å². The van der Waals surface area contributed by atoms with Crippen LogP contribution in [0.25, 0.3) is 10.9 Å². The van der Waals surface area contributed by atoms with Crippen LogP contribution in [0, 0.1) is 0 Å². The van der Waals surface area contributed by atoms with Crippen molar-refractivity contribution in [3.63, 3.8) is 0 Å². The zero-order valence-electron chi connectivity index (χ0n) is 22.4. The minimum Gasteiger partial charge on any atom is -0.493 e. The maximum Gasteiger partial charge on any atom is 0.410 e. The van der Waals surface area contributed by atoms with Gasteiger partial charge in [0.2, 0.25) is 11.9 Å². The lowest BCUT2D eigenvalue weighted by Crippen LogP contribution is -2.62. The smallest absolute Gasteiger partial charge is 0.410 e.